The van der Waals surface area contributed by atoms with Gasteiger partial charge in [0.05, 0.1) is 17.8 Å². The van der Waals surface area contributed by atoms with Crippen molar-refractivity contribution in [2.24, 2.45) is 5.10 Å². The Labute approximate surface area is 117 Å². The Kier molecular flexibility index (Phi) is 4.25. The van der Waals surface area contributed by atoms with E-state index in [0.717, 1.165) is 11.1 Å². The normalized spacial score (nSPS) is 10.2. The minimum absolute atomic E-state index is 0.243. The lowest BCUT2D eigenvalue weighted by molar-refractivity contribution is 0.0954. The van der Waals surface area contributed by atoms with Crippen LogP contribution >= 0.6 is 0 Å². The molecule has 2 aromatic carbocycles. The number of nitrogens with one attached hydrogen (secondary N) is 1. The highest BCUT2D eigenvalue weighted by Crippen LogP contribution is 2.06. The van der Waals surface area contributed by atoms with Crippen molar-refractivity contribution in [2.75, 3.05) is 0 Å². The highest BCUT2D eigenvalue weighted by atomic mass is 16.2. The second-order valence-electron chi connectivity index (χ2n) is 4.25. The topological polar surface area (TPSA) is 65.2 Å². The number of rotatable bonds is 3. The molecule has 4 heteroatoms. The van der Waals surface area contributed by atoms with Crippen LogP contribution in [0.5, 0.6) is 0 Å². The Morgan fingerprint density at radius 1 is 1.20 bits per heavy atom. The minimum atomic E-state index is -0.243. The van der Waals surface area contributed by atoms with Gasteiger partial charge in [-0.15, -0.1) is 0 Å². The van der Waals surface area contributed by atoms with Crippen molar-refractivity contribution < 1.29 is 4.79 Å². The largest absolute Gasteiger partial charge is 0.271 e. The van der Waals surface area contributed by atoms with Crippen LogP contribution in [0.1, 0.15) is 27.0 Å². The van der Waals surface area contributed by atoms with Gasteiger partial charge in [-0.25, -0.2) is 5.43 Å². The van der Waals surface area contributed by atoms with E-state index in [1.54, 1.807) is 30.3 Å². The van der Waals surface area contributed by atoms with Crippen LogP contribution in [0, 0.1) is 18.3 Å². The predicted molar refractivity (Wildman–Crippen MR) is 77.4 cm³/mol. The fourth-order valence-electron chi connectivity index (χ4n) is 1.70. The summed E-state index contributed by atoms with van der Waals surface area (Å²) < 4.78 is 0. The van der Waals surface area contributed by atoms with Crippen LogP contribution in [0.15, 0.2) is 53.6 Å². The fourth-order valence-corrected chi connectivity index (χ4v) is 1.70. The third-order valence-electron chi connectivity index (χ3n) is 2.81. The number of carbonyl (C=O) groups is 1. The monoisotopic (exact) mass is 263 g/mol. The summed E-state index contributed by atoms with van der Waals surface area (Å²) in [6.45, 7) is 1.87. The molecule has 0 atom stereocenters. The molecule has 1 N–H and O–H groups in total. The Morgan fingerprint density at radius 2 is 1.90 bits per heavy atom. The smallest absolute Gasteiger partial charge is 0.267 e. The van der Waals surface area contributed by atoms with Gasteiger partial charge in [0.2, 0.25) is 0 Å². The first-order valence-electron chi connectivity index (χ1n) is 6.10. The van der Waals surface area contributed by atoms with Crippen LogP contribution in [-0.4, -0.2) is 12.1 Å². The van der Waals surface area contributed by atoms with Crippen molar-refractivity contribution in [1.82, 2.24) is 5.43 Å². The summed E-state index contributed by atoms with van der Waals surface area (Å²) in [6.07, 6.45) is 1.54. The third kappa shape index (κ3) is 3.30. The highest BCUT2D eigenvalue weighted by Gasteiger charge is 2.05. The second-order valence-corrected chi connectivity index (χ2v) is 4.25. The van der Waals surface area contributed by atoms with E-state index in [1.807, 2.05) is 31.2 Å². The summed E-state index contributed by atoms with van der Waals surface area (Å²) in [4.78, 5) is 11.9. The third-order valence-corrected chi connectivity index (χ3v) is 2.81. The number of benzene rings is 2. The summed E-state index contributed by atoms with van der Waals surface area (Å²) in [5.74, 6) is -0.243. The Hall–Kier alpha value is -2.93. The first-order valence-corrected chi connectivity index (χ1v) is 6.10. The van der Waals surface area contributed by atoms with Crippen LogP contribution < -0.4 is 5.43 Å². The van der Waals surface area contributed by atoms with Crippen molar-refractivity contribution in [3.8, 4) is 6.07 Å². The Bertz CT molecular complexity index is 682. The Morgan fingerprint density at radius 3 is 2.55 bits per heavy atom. The molecule has 0 unspecified atom stereocenters. The molecule has 2 aromatic rings. The SMILES string of the molecule is Cc1ccccc1C(=O)N/N=C/c1ccc(C#N)cc1. The molecule has 0 spiro atoms. The van der Waals surface area contributed by atoms with E-state index >= 15 is 0 Å². The first kappa shape index (κ1) is 13.5. The number of hydrogen-bond acceptors (Lipinski definition) is 3. The van der Waals surface area contributed by atoms with E-state index in [2.05, 4.69) is 10.5 Å². The number of carbonyl (C=O) groups excluding carboxylic acids is 1. The molecule has 0 aromatic heterocycles. The quantitative estimate of drug-likeness (QED) is 0.683. The Balaban J connectivity index is 2.01. The molecule has 0 aliphatic rings. The maximum atomic E-state index is 11.9. The molecule has 0 heterocycles. The molecule has 0 aliphatic heterocycles. The van der Waals surface area contributed by atoms with Crippen molar-refractivity contribution in [1.29, 1.82) is 5.26 Å². The number of aryl methyl sites for hydroxylation is 1. The molecule has 0 saturated heterocycles. The van der Waals surface area contributed by atoms with Gasteiger partial charge in [0.1, 0.15) is 0 Å². The zero-order valence-corrected chi connectivity index (χ0v) is 11.0. The fraction of sp³-hybridized carbons (Fsp3) is 0.0625. The molecule has 1 amide bonds. The van der Waals surface area contributed by atoms with E-state index in [9.17, 15) is 4.79 Å². The van der Waals surface area contributed by atoms with Gasteiger partial charge in [-0.05, 0) is 36.2 Å². The summed E-state index contributed by atoms with van der Waals surface area (Å²) in [5, 5.41) is 12.6. The highest BCUT2D eigenvalue weighted by molar-refractivity contribution is 5.96. The minimum Gasteiger partial charge on any atom is -0.267 e. The number of nitrogens with zero attached hydrogens (tertiary/aromatic N) is 2. The molecule has 0 bridgehead atoms. The van der Waals surface area contributed by atoms with Crippen molar-refractivity contribution in [2.45, 2.75) is 6.92 Å². The molecular formula is C16H13N3O. The zero-order valence-electron chi connectivity index (χ0n) is 11.0. The average Bonchev–Trinajstić information content (AvgIpc) is 2.48. The molecule has 0 aliphatic carbocycles. The van der Waals surface area contributed by atoms with Gasteiger partial charge in [0.15, 0.2) is 0 Å². The summed E-state index contributed by atoms with van der Waals surface area (Å²) in [7, 11) is 0. The molecule has 20 heavy (non-hydrogen) atoms. The van der Waals surface area contributed by atoms with Crippen molar-refractivity contribution in [3.63, 3.8) is 0 Å². The van der Waals surface area contributed by atoms with Gasteiger partial charge in [0, 0.05) is 5.56 Å². The number of hydrazone groups is 1. The maximum Gasteiger partial charge on any atom is 0.271 e. The first-order chi connectivity index (χ1) is 9.70. The van der Waals surface area contributed by atoms with Crippen LogP contribution in [0.3, 0.4) is 0 Å². The van der Waals surface area contributed by atoms with E-state index in [-0.39, 0.29) is 5.91 Å². The lowest BCUT2D eigenvalue weighted by Gasteiger charge is -2.02. The van der Waals surface area contributed by atoms with Gasteiger partial charge in [-0.1, -0.05) is 30.3 Å². The zero-order chi connectivity index (χ0) is 14.4. The van der Waals surface area contributed by atoms with Crippen molar-refractivity contribution >= 4 is 12.1 Å². The van der Waals surface area contributed by atoms with Gasteiger partial charge < -0.3 is 0 Å². The van der Waals surface area contributed by atoms with E-state index in [4.69, 9.17) is 5.26 Å². The molecule has 2 rings (SSSR count). The number of nitriles is 1. The van der Waals surface area contributed by atoms with E-state index in [1.165, 1.54) is 6.21 Å². The van der Waals surface area contributed by atoms with E-state index in [0.29, 0.717) is 11.1 Å². The summed E-state index contributed by atoms with van der Waals surface area (Å²) in [6, 6.07) is 16.3. The van der Waals surface area contributed by atoms with Crippen LogP contribution in [0.2, 0.25) is 0 Å². The predicted octanol–water partition coefficient (Wildman–Crippen LogP) is 2.63. The van der Waals surface area contributed by atoms with Gasteiger partial charge in [-0.3, -0.25) is 4.79 Å². The van der Waals surface area contributed by atoms with E-state index < -0.39 is 0 Å². The van der Waals surface area contributed by atoms with Crippen LogP contribution in [0.25, 0.3) is 0 Å². The van der Waals surface area contributed by atoms with Gasteiger partial charge in [0.25, 0.3) is 5.91 Å². The lowest BCUT2D eigenvalue weighted by Crippen LogP contribution is -2.18. The molecule has 0 saturated carbocycles. The number of amides is 1. The summed E-state index contributed by atoms with van der Waals surface area (Å²) >= 11 is 0. The molecular weight excluding hydrogens is 250 g/mol. The molecule has 4 nitrogen and oxygen atoms in total. The van der Waals surface area contributed by atoms with Gasteiger partial charge >= 0.3 is 0 Å². The molecule has 98 valence electrons. The van der Waals surface area contributed by atoms with Crippen LogP contribution in [-0.2, 0) is 0 Å². The van der Waals surface area contributed by atoms with Crippen LogP contribution in [0.4, 0.5) is 0 Å². The average molecular weight is 263 g/mol. The summed E-state index contributed by atoms with van der Waals surface area (Å²) in [5.41, 5.74) is 5.39. The second kappa shape index (κ2) is 6.30. The molecule has 0 radical (unpaired) electrons. The lowest BCUT2D eigenvalue weighted by atomic mass is 10.1. The maximum absolute atomic E-state index is 11.9. The number of hydrogen-bond donors (Lipinski definition) is 1. The van der Waals surface area contributed by atoms with Gasteiger partial charge in [-0.2, -0.15) is 10.4 Å². The van der Waals surface area contributed by atoms with Crippen molar-refractivity contribution in [3.05, 3.63) is 70.8 Å². The standard InChI is InChI=1S/C16H13N3O/c1-12-4-2-3-5-15(12)16(20)19-18-11-14-8-6-13(10-17)7-9-14/h2-9,11H,1H3,(H,19,20)/b18-11+. The molecule has 0 fully saturated rings.